The van der Waals surface area contributed by atoms with Gasteiger partial charge in [0, 0.05) is 16.1 Å². The average molecular weight is 428 g/mol. The van der Waals surface area contributed by atoms with E-state index in [2.05, 4.69) is 15.9 Å². The number of carbonyl (C=O) groups is 1. The van der Waals surface area contributed by atoms with E-state index >= 15 is 0 Å². The van der Waals surface area contributed by atoms with Crippen LogP contribution < -0.4 is 0 Å². The second kappa shape index (κ2) is 6.34. The summed E-state index contributed by atoms with van der Waals surface area (Å²) >= 11 is 3.28. The first-order valence-electron chi connectivity index (χ1n) is 7.17. The molecule has 0 aliphatic heterocycles. The van der Waals surface area contributed by atoms with E-state index in [4.69, 9.17) is 0 Å². The summed E-state index contributed by atoms with van der Waals surface area (Å²) in [7, 11) is -4.05. The van der Waals surface area contributed by atoms with Crippen molar-refractivity contribution >= 4 is 42.6 Å². The van der Waals surface area contributed by atoms with Crippen molar-refractivity contribution in [1.82, 2.24) is 3.97 Å². The number of alkyl halides is 2. The third-order valence-corrected chi connectivity index (χ3v) is 6.37. The molecule has 0 saturated heterocycles. The van der Waals surface area contributed by atoms with Crippen molar-refractivity contribution in [3.63, 3.8) is 0 Å². The van der Waals surface area contributed by atoms with Crippen LogP contribution in [-0.4, -0.2) is 24.6 Å². The highest BCUT2D eigenvalue weighted by Gasteiger charge is 2.27. The molecule has 0 fully saturated rings. The second-order valence-electron chi connectivity index (χ2n) is 5.44. The average Bonchev–Trinajstić information content (AvgIpc) is 2.96. The molecule has 0 bridgehead atoms. The third kappa shape index (κ3) is 3.00. The molecular formula is C17H12BrF2NO3S. The van der Waals surface area contributed by atoms with Crippen LogP contribution in [0.1, 0.15) is 15.9 Å². The van der Waals surface area contributed by atoms with E-state index < -0.39 is 22.2 Å². The van der Waals surface area contributed by atoms with Crippen LogP contribution in [0.3, 0.4) is 0 Å². The standard InChI is InChI=1S/C17H12BrF2NO3S/c1-10-6-7-11(8-14(10)18)25(23,24)21-9-13(16(22)17(19)20)12-4-2-3-5-15(12)21/h2-9,17H,1H3. The molecule has 3 rings (SSSR count). The van der Waals surface area contributed by atoms with Crippen molar-refractivity contribution in [2.45, 2.75) is 18.2 Å². The lowest BCUT2D eigenvalue weighted by atomic mass is 10.1. The van der Waals surface area contributed by atoms with Gasteiger partial charge in [-0.3, -0.25) is 4.79 Å². The lowest BCUT2D eigenvalue weighted by Crippen LogP contribution is -2.13. The molecule has 0 aliphatic carbocycles. The molecule has 0 unspecified atom stereocenters. The zero-order valence-corrected chi connectivity index (χ0v) is 15.3. The Morgan fingerprint density at radius 1 is 1.16 bits per heavy atom. The van der Waals surface area contributed by atoms with E-state index in [1.807, 2.05) is 6.92 Å². The maximum atomic E-state index is 13.0. The van der Waals surface area contributed by atoms with Crippen molar-refractivity contribution in [1.29, 1.82) is 0 Å². The summed E-state index contributed by atoms with van der Waals surface area (Å²) in [5, 5.41) is 0.169. The van der Waals surface area contributed by atoms with E-state index in [-0.39, 0.29) is 21.4 Å². The number of fused-ring (bicyclic) bond motifs is 1. The van der Waals surface area contributed by atoms with Gasteiger partial charge in [-0.1, -0.05) is 40.2 Å². The molecule has 2 aromatic carbocycles. The van der Waals surface area contributed by atoms with Gasteiger partial charge in [-0.15, -0.1) is 0 Å². The number of rotatable bonds is 4. The smallest absolute Gasteiger partial charge is 0.288 e. The molecule has 25 heavy (non-hydrogen) atoms. The Hall–Kier alpha value is -2.06. The molecule has 8 heteroatoms. The van der Waals surface area contributed by atoms with Crippen LogP contribution in [0.2, 0.25) is 0 Å². The largest absolute Gasteiger partial charge is 0.300 e. The van der Waals surface area contributed by atoms with Crippen LogP contribution in [0.4, 0.5) is 8.78 Å². The van der Waals surface area contributed by atoms with E-state index in [0.717, 1.165) is 15.7 Å². The van der Waals surface area contributed by atoms with Gasteiger partial charge in [0.25, 0.3) is 10.0 Å². The first kappa shape index (κ1) is 17.8. The summed E-state index contributed by atoms with van der Waals surface area (Å²) in [6.45, 7) is 1.81. The summed E-state index contributed by atoms with van der Waals surface area (Å²) in [6.07, 6.45) is -2.25. The van der Waals surface area contributed by atoms with Crippen molar-refractivity contribution in [3.8, 4) is 0 Å². The number of aromatic nitrogens is 1. The molecule has 3 aromatic rings. The third-order valence-electron chi connectivity index (χ3n) is 3.84. The zero-order chi connectivity index (χ0) is 18.4. The van der Waals surface area contributed by atoms with Crippen LogP contribution in [0.25, 0.3) is 10.9 Å². The van der Waals surface area contributed by atoms with Crippen LogP contribution in [0.15, 0.2) is 58.0 Å². The van der Waals surface area contributed by atoms with Gasteiger partial charge in [0.05, 0.1) is 16.0 Å². The molecular weight excluding hydrogens is 416 g/mol. The molecule has 0 N–H and O–H groups in total. The number of aryl methyl sites for hydroxylation is 1. The lowest BCUT2D eigenvalue weighted by Gasteiger charge is -2.09. The Kier molecular flexibility index (Phi) is 4.51. The highest BCUT2D eigenvalue weighted by atomic mass is 79.9. The SMILES string of the molecule is Cc1ccc(S(=O)(=O)n2cc(C(=O)C(F)F)c3ccccc32)cc1Br. The number of hydrogen-bond donors (Lipinski definition) is 0. The van der Waals surface area contributed by atoms with E-state index in [1.54, 1.807) is 18.2 Å². The van der Waals surface area contributed by atoms with Gasteiger partial charge in [-0.25, -0.2) is 21.2 Å². The molecule has 0 amide bonds. The van der Waals surface area contributed by atoms with E-state index in [1.165, 1.54) is 24.3 Å². The number of nitrogens with zero attached hydrogens (tertiary/aromatic N) is 1. The van der Waals surface area contributed by atoms with Gasteiger partial charge >= 0.3 is 6.43 Å². The molecule has 130 valence electrons. The minimum absolute atomic E-state index is 0.0122. The summed E-state index contributed by atoms with van der Waals surface area (Å²) < 4.78 is 53.1. The van der Waals surface area contributed by atoms with Crippen molar-refractivity contribution < 1.29 is 22.0 Å². The molecule has 1 aromatic heterocycles. The maximum Gasteiger partial charge on any atom is 0.300 e. The topological polar surface area (TPSA) is 56.1 Å². The van der Waals surface area contributed by atoms with Crippen molar-refractivity contribution in [2.24, 2.45) is 0 Å². The first-order chi connectivity index (χ1) is 11.7. The van der Waals surface area contributed by atoms with Gasteiger partial charge < -0.3 is 0 Å². The molecule has 0 spiro atoms. The Balaban J connectivity index is 2.28. The van der Waals surface area contributed by atoms with E-state index in [0.29, 0.717) is 4.47 Å². The summed E-state index contributed by atoms with van der Waals surface area (Å²) in [4.78, 5) is 11.8. The normalized spacial score (nSPS) is 12.0. The zero-order valence-electron chi connectivity index (χ0n) is 12.9. The second-order valence-corrected chi connectivity index (χ2v) is 8.11. The van der Waals surface area contributed by atoms with Crippen LogP contribution in [0, 0.1) is 6.92 Å². The minimum atomic E-state index is -4.05. The monoisotopic (exact) mass is 427 g/mol. The number of halogens is 3. The fourth-order valence-electron chi connectivity index (χ4n) is 2.51. The van der Waals surface area contributed by atoms with Gasteiger partial charge in [-0.05, 0) is 30.7 Å². The Morgan fingerprint density at radius 2 is 1.84 bits per heavy atom. The number of Topliss-reactive ketones (excluding diaryl/α,β-unsaturated/α-hetero) is 1. The predicted molar refractivity (Wildman–Crippen MR) is 93.7 cm³/mol. The Morgan fingerprint density at radius 3 is 2.48 bits per heavy atom. The minimum Gasteiger partial charge on any atom is -0.288 e. The number of carbonyl (C=O) groups excluding carboxylic acids is 1. The number of benzene rings is 2. The fraction of sp³-hybridized carbons (Fsp3) is 0.118. The summed E-state index contributed by atoms with van der Waals surface area (Å²) in [5.41, 5.74) is 0.702. The van der Waals surface area contributed by atoms with Crippen LogP contribution in [0.5, 0.6) is 0 Å². The van der Waals surface area contributed by atoms with Gasteiger partial charge in [0.15, 0.2) is 0 Å². The number of hydrogen-bond acceptors (Lipinski definition) is 3. The van der Waals surface area contributed by atoms with Crippen molar-refractivity contribution in [2.75, 3.05) is 0 Å². The van der Waals surface area contributed by atoms with Crippen molar-refractivity contribution in [3.05, 3.63) is 64.3 Å². The Labute approximate surface area is 151 Å². The highest BCUT2D eigenvalue weighted by Crippen LogP contribution is 2.29. The van der Waals surface area contributed by atoms with E-state index in [9.17, 15) is 22.0 Å². The predicted octanol–water partition coefficient (Wildman–Crippen LogP) is 4.40. The highest BCUT2D eigenvalue weighted by molar-refractivity contribution is 9.10. The quantitative estimate of drug-likeness (QED) is 0.579. The summed E-state index contributed by atoms with van der Waals surface area (Å²) in [6, 6.07) is 10.6. The van der Waals surface area contributed by atoms with Gasteiger partial charge in [-0.2, -0.15) is 0 Å². The molecule has 4 nitrogen and oxygen atoms in total. The van der Waals surface area contributed by atoms with Gasteiger partial charge in [0.1, 0.15) is 0 Å². The van der Waals surface area contributed by atoms with Crippen LogP contribution in [-0.2, 0) is 10.0 Å². The molecule has 1 heterocycles. The number of ketones is 1. The molecule has 0 aliphatic rings. The number of para-hydroxylation sites is 1. The molecule has 0 radical (unpaired) electrons. The van der Waals surface area contributed by atoms with Crippen LogP contribution >= 0.6 is 15.9 Å². The Bertz CT molecular complexity index is 1090. The molecule has 0 atom stereocenters. The lowest BCUT2D eigenvalue weighted by molar-refractivity contribution is 0.0680. The first-order valence-corrected chi connectivity index (χ1v) is 9.41. The van der Waals surface area contributed by atoms with Gasteiger partial charge in [0.2, 0.25) is 5.78 Å². The summed E-state index contributed by atoms with van der Waals surface area (Å²) in [5.74, 6) is -1.41. The fourth-order valence-corrected chi connectivity index (χ4v) is 4.44. The molecule has 0 saturated carbocycles. The maximum absolute atomic E-state index is 13.0.